The highest BCUT2D eigenvalue weighted by molar-refractivity contribution is 7.91. The topological polar surface area (TPSA) is 252 Å². The lowest BCUT2D eigenvalue weighted by Crippen LogP contribution is -2.27. The summed E-state index contributed by atoms with van der Waals surface area (Å²) in [6.07, 6.45) is 6.13. The molecule has 10 rings (SSSR count). The molecule has 4 aromatic heterocycles. The molecule has 0 saturated carbocycles. The van der Waals surface area contributed by atoms with Gasteiger partial charge in [0.2, 0.25) is 0 Å². The molecule has 0 unspecified atom stereocenters. The fourth-order valence-electron chi connectivity index (χ4n) is 10.1. The molecule has 0 N–H and O–H groups in total. The molecule has 4 heterocycles. The predicted octanol–water partition coefficient (Wildman–Crippen LogP) is 9.11. The van der Waals surface area contributed by atoms with Crippen molar-refractivity contribution in [3.63, 3.8) is 0 Å². The molecule has 24 heteroatoms. The van der Waals surface area contributed by atoms with Crippen LogP contribution in [-0.2, 0) is 31.2 Å². The number of rotatable bonds is 18. The minimum atomic E-state index is -3.81. The Kier molecular flexibility index (Phi) is 16.8. The third-order valence-electron chi connectivity index (χ3n) is 14.7. The van der Waals surface area contributed by atoms with Crippen molar-refractivity contribution in [2.24, 2.45) is 0 Å². The van der Waals surface area contributed by atoms with Crippen LogP contribution in [0.4, 0.5) is 0 Å². The number of sulfone groups is 2. The molecule has 2 aliphatic carbocycles. The Hall–Kier alpha value is -7.66. The Labute approximate surface area is 472 Å². The van der Waals surface area contributed by atoms with E-state index in [4.69, 9.17) is 42.1 Å². The molecule has 0 amide bonds. The van der Waals surface area contributed by atoms with Gasteiger partial charge in [-0.15, -0.1) is 20.4 Å². The maximum atomic E-state index is 13.8. The van der Waals surface area contributed by atoms with Gasteiger partial charge in [0.15, 0.2) is 42.9 Å². The number of carbonyl (C=O) groups is 2. The number of methoxy groups -OCH3 is 4. The van der Waals surface area contributed by atoms with E-state index in [1.807, 2.05) is 36.4 Å². The van der Waals surface area contributed by atoms with Gasteiger partial charge in [-0.2, -0.15) is 0 Å². The van der Waals surface area contributed by atoms with Crippen LogP contribution in [-0.4, -0.2) is 117 Å². The molecule has 416 valence electrons. The number of carbonyl (C=O) groups excluding carboxylic acids is 2. The number of halogens is 2. The van der Waals surface area contributed by atoms with Crippen LogP contribution in [0.1, 0.15) is 131 Å². The Morgan fingerprint density at radius 3 is 1.15 bits per heavy atom. The molecule has 0 aliphatic heterocycles. The van der Waals surface area contributed by atoms with Crippen molar-refractivity contribution in [3.8, 4) is 34.4 Å². The monoisotopic (exact) mass is 1160 g/mol. The van der Waals surface area contributed by atoms with E-state index in [0.29, 0.717) is 78.8 Å². The summed E-state index contributed by atoms with van der Waals surface area (Å²) in [5.74, 6) is 0.913. The second-order valence-corrected chi connectivity index (χ2v) is 24.9. The number of benzene rings is 4. The zero-order valence-electron chi connectivity index (χ0n) is 44.8. The molecule has 80 heavy (non-hydrogen) atoms. The summed E-state index contributed by atoms with van der Waals surface area (Å²) >= 11 is 11.8. The second-order valence-electron chi connectivity index (χ2n) is 19.3. The number of ether oxygens (including phenoxy) is 4. The van der Waals surface area contributed by atoms with E-state index in [2.05, 4.69) is 40.3 Å². The van der Waals surface area contributed by atoms with E-state index >= 15 is 0 Å². The Morgan fingerprint density at radius 2 is 0.825 bits per heavy atom. The summed E-state index contributed by atoms with van der Waals surface area (Å²) in [4.78, 5) is 42.6. The molecule has 4 aromatic carbocycles. The van der Waals surface area contributed by atoms with E-state index in [9.17, 15) is 26.4 Å². The minimum Gasteiger partial charge on any atom is -0.494 e. The average Bonchev–Trinajstić information content (AvgIpc) is 4.42. The second kappa shape index (κ2) is 23.6. The maximum absolute atomic E-state index is 13.8. The van der Waals surface area contributed by atoms with Crippen molar-refractivity contribution >= 4 is 54.4 Å². The lowest BCUT2D eigenvalue weighted by molar-refractivity contribution is 0.0982. The van der Waals surface area contributed by atoms with Crippen LogP contribution < -0.4 is 18.9 Å². The van der Waals surface area contributed by atoms with Gasteiger partial charge in [-0.1, -0.05) is 97.7 Å². The summed E-state index contributed by atoms with van der Waals surface area (Å²) in [6, 6.07) is 25.2. The highest BCUT2D eigenvalue weighted by atomic mass is 35.5. The van der Waals surface area contributed by atoms with Crippen molar-refractivity contribution in [1.82, 2.24) is 49.5 Å². The summed E-state index contributed by atoms with van der Waals surface area (Å²) in [5, 5.41) is 16.7. The highest BCUT2D eigenvalue weighted by Crippen LogP contribution is 2.44. The molecular formula is C56H56Cl2N10O10S2. The number of Topliss-reactive ketones (excluding diaryl/α,β-unsaturated/α-hetero) is 2. The smallest absolute Gasteiger partial charge is 0.164 e. The SMILES string of the molecule is COc1cccc(OC)c1-n1c(CS(=O)(=O)[C@@H](C)[C@H](C)c2ncc(Cl)cn2)nnc1[C@@H]1CC(=O)c2ccccc21.COc1cccc(OC)c1-n1c(CS(=O)(=O)[C@@H](C)[C@H](C)c2ncc(Cl)cn2)nnc1[C@H]1CC(=O)c2ccccc21. The quantitative estimate of drug-likeness (QED) is 0.0776. The van der Waals surface area contributed by atoms with Crippen molar-refractivity contribution in [3.05, 3.63) is 177 Å². The van der Waals surface area contributed by atoms with E-state index in [1.165, 1.54) is 53.2 Å². The molecule has 0 bridgehead atoms. The number of hydrogen-bond donors (Lipinski definition) is 0. The molecule has 8 aromatic rings. The van der Waals surface area contributed by atoms with Crippen LogP contribution in [0.2, 0.25) is 10.0 Å². The van der Waals surface area contributed by atoms with Gasteiger partial charge in [0, 0.05) is 60.6 Å². The lowest BCUT2D eigenvalue weighted by atomic mass is 10.0. The van der Waals surface area contributed by atoms with Gasteiger partial charge in [-0.05, 0) is 49.2 Å². The normalized spacial score (nSPS) is 16.4. The van der Waals surface area contributed by atoms with Crippen molar-refractivity contribution < 1.29 is 45.4 Å². The van der Waals surface area contributed by atoms with Crippen LogP contribution in [0, 0.1) is 0 Å². The lowest BCUT2D eigenvalue weighted by Gasteiger charge is -2.21. The van der Waals surface area contributed by atoms with E-state index in [-0.39, 0.29) is 36.1 Å². The van der Waals surface area contributed by atoms with Crippen molar-refractivity contribution in [1.29, 1.82) is 0 Å². The van der Waals surface area contributed by atoms with Gasteiger partial charge in [-0.3, -0.25) is 18.7 Å². The van der Waals surface area contributed by atoms with Crippen LogP contribution in [0.3, 0.4) is 0 Å². The molecule has 0 radical (unpaired) electrons. The van der Waals surface area contributed by atoms with Gasteiger partial charge in [0.25, 0.3) is 0 Å². The van der Waals surface area contributed by atoms with Crippen LogP contribution in [0.25, 0.3) is 11.4 Å². The first-order chi connectivity index (χ1) is 38.3. The van der Waals surface area contributed by atoms with E-state index in [0.717, 1.165) is 11.1 Å². The largest absolute Gasteiger partial charge is 0.494 e. The van der Waals surface area contributed by atoms with Crippen LogP contribution in [0.5, 0.6) is 23.0 Å². The molecule has 0 saturated heterocycles. The molecular weight excluding hydrogens is 1110 g/mol. The molecule has 6 atom stereocenters. The predicted molar refractivity (Wildman–Crippen MR) is 298 cm³/mol. The zero-order valence-corrected chi connectivity index (χ0v) is 48.0. The highest BCUT2D eigenvalue weighted by Gasteiger charge is 2.40. The van der Waals surface area contributed by atoms with Crippen LogP contribution >= 0.6 is 23.2 Å². The Balaban J connectivity index is 0.000000194. The molecule has 20 nitrogen and oxygen atoms in total. The number of para-hydroxylation sites is 2. The summed E-state index contributed by atoms with van der Waals surface area (Å²) in [7, 11) is -1.55. The first-order valence-corrected chi connectivity index (χ1v) is 29.4. The number of aromatic nitrogens is 10. The number of nitrogens with zero attached hydrogens (tertiary/aromatic N) is 10. The summed E-state index contributed by atoms with van der Waals surface area (Å²) in [6.45, 7) is 6.75. The first-order valence-electron chi connectivity index (χ1n) is 25.3. The Bertz CT molecular complexity index is 3550. The number of ketones is 2. The summed E-state index contributed by atoms with van der Waals surface area (Å²) < 4.78 is 81.1. The van der Waals surface area contributed by atoms with Gasteiger partial charge in [0.1, 0.15) is 69.2 Å². The van der Waals surface area contributed by atoms with Gasteiger partial charge >= 0.3 is 0 Å². The molecule has 0 spiro atoms. The summed E-state index contributed by atoms with van der Waals surface area (Å²) in [5.41, 5.74) is 3.77. The Morgan fingerprint density at radius 1 is 0.500 bits per heavy atom. The number of hydrogen-bond acceptors (Lipinski definition) is 18. The van der Waals surface area contributed by atoms with E-state index in [1.54, 1.807) is 85.4 Å². The van der Waals surface area contributed by atoms with Gasteiger partial charge < -0.3 is 18.9 Å². The zero-order chi connectivity index (χ0) is 57.2. The fraction of sp³-hybridized carbons (Fsp3) is 0.321. The fourth-order valence-corrected chi connectivity index (χ4v) is 13.4. The molecule has 0 fully saturated rings. The van der Waals surface area contributed by atoms with Gasteiger partial charge in [0.05, 0.1) is 60.8 Å². The molecule has 2 aliphatic rings. The van der Waals surface area contributed by atoms with Gasteiger partial charge in [-0.25, -0.2) is 36.8 Å². The third kappa shape index (κ3) is 11.1. The average molecular weight is 1160 g/mol. The van der Waals surface area contributed by atoms with Crippen molar-refractivity contribution in [2.45, 2.75) is 86.2 Å². The third-order valence-corrected chi connectivity index (χ3v) is 19.5. The standard InChI is InChI=1S/2C28H28ClN5O5S/c2*1-16(27-30-13-18(29)14-31-27)17(2)40(36,37)15-25-32-33-28(21-12-22(35)20-9-6-5-8-19(20)21)34(25)26-23(38-3)10-7-11-24(26)39-4/h2*5-11,13-14,16-17,21H,12,15H2,1-4H3/t16-,17-,21+;16-,17-,21-/m00/s1. The maximum Gasteiger partial charge on any atom is 0.164 e. The van der Waals surface area contributed by atoms with E-state index < -0.39 is 65.4 Å². The first kappa shape index (κ1) is 57.0. The number of fused-ring (bicyclic) bond motifs is 2. The van der Waals surface area contributed by atoms with Crippen molar-refractivity contribution in [2.75, 3.05) is 28.4 Å². The minimum absolute atomic E-state index is 0.0123. The van der Waals surface area contributed by atoms with Crippen LogP contribution in [0.15, 0.2) is 110 Å².